The number of carbonyl (C=O) groups excluding carboxylic acids is 3. The Morgan fingerprint density at radius 1 is 1.18 bits per heavy atom. The Hall–Kier alpha value is -4.02. The van der Waals surface area contributed by atoms with Crippen molar-refractivity contribution in [2.45, 2.75) is 51.0 Å². The summed E-state index contributed by atoms with van der Waals surface area (Å²) < 4.78 is 1.56. The van der Waals surface area contributed by atoms with Crippen LogP contribution in [-0.2, 0) is 16.0 Å². The van der Waals surface area contributed by atoms with Gasteiger partial charge < -0.3 is 10.3 Å². The predicted octanol–water partition coefficient (Wildman–Crippen LogP) is 1.57. The Bertz CT molecular complexity index is 1320. The molecule has 2 aromatic heterocycles. The van der Waals surface area contributed by atoms with Gasteiger partial charge in [-0.05, 0) is 43.7 Å². The normalized spacial score (nSPS) is 22.4. The Kier molecular flexibility index (Phi) is 5.39. The van der Waals surface area contributed by atoms with Gasteiger partial charge >= 0.3 is 6.03 Å². The molecule has 2 aliphatic rings. The van der Waals surface area contributed by atoms with Crippen LogP contribution in [0.3, 0.4) is 0 Å². The molecule has 11 nitrogen and oxygen atoms in total. The summed E-state index contributed by atoms with van der Waals surface area (Å²) in [6.07, 6.45) is 4.29. The zero-order valence-electron chi connectivity index (χ0n) is 18.7. The van der Waals surface area contributed by atoms with E-state index >= 15 is 0 Å². The molecule has 1 saturated carbocycles. The number of hydrazine groups is 1. The van der Waals surface area contributed by atoms with Crippen LogP contribution in [0.5, 0.6) is 0 Å². The first-order valence-electron chi connectivity index (χ1n) is 11.3. The molecular weight excluding hydrogens is 438 g/mol. The molecule has 3 aromatic rings. The molecule has 0 radical (unpaired) electrons. The zero-order chi connectivity index (χ0) is 23.9. The molecule has 11 heteroatoms. The van der Waals surface area contributed by atoms with E-state index in [1.165, 1.54) is 6.20 Å². The van der Waals surface area contributed by atoms with Crippen molar-refractivity contribution in [3.8, 4) is 5.69 Å². The van der Waals surface area contributed by atoms with E-state index in [2.05, 4.69) is 32.7 Å². The van der Waals surface area contributed by atoms with Crippen molar-refractivity contribution in [2.75, 3.05) is 0 Å². The highest BCUT2D eigenvalue weighted by Gasteiger charge is 2.52. The van der Waals surface area contributed by atoms with E-state index in [4.69, 9.17) is 0 Å². The maximum absolute atomic E-state index is 12.9. The summed E-state index contributed by atoms with van der Waals surface area (Å²) in [4.78, 5) is 57.5. The Balaban J connectivity index is 1.28. The third kappa shape index (κ3) is 3.82. The number of hydrogen-bond acceptors (Lipinski definition) is 6. The number of aryl methyl sites for hydroxylation is 1. The number of amides is 4. The first-order valence-corrected chi connectivity index (χ1v) is 11.3. The second-order valence-electron chi connectivity index (χ2n) is 9.01. The molecule has 0 unspecified atom stereocenters. The highest BCUT2D eigenvalue weighted by molar-refractivity contribution is 6.08. The lowest BCUT2D eigenvalue weighted by atomic mass is 9.77. The monoisotopic (exact) mass is 463 g/mol. The quantitative estimate of drug-likeness (QED) is 0.491. The molecule has 0 bridgehead atoms. The fourth-order valence-electron chi connectivity index (χ4n) is 4.57. The number of nitrogens with one attached hydrogen (secondary N) is 3. The largest absolute Gasteiger partial charge is 0.344 e. The molecule has 34 heavy (non-hydrogen) atoms. The van der Waals surface area contributed by atoms with Crippen LogP contribution >= 0.6 is 0 Å². The first-order chi connectivity index (χ1) is 16.4. The maximum atomic E-state index is 12.9. The molecule has 3 heterocycles. The van der Waals surface area contributed by atoms with Crippen molar-refractivity contribution < 1.29 is 14.4 Å². The second kappa shape index (κ2) is 8.40. The molecule has 1 aromatic carbocycles. The summed E-state index contributed by atoms with van der Waals surface area (Å²) in [5.41, 5.74) is 2.26. The summed E-state index contributed by atoms with van der Waals surface area (Å²) in [5.74, 6) is -0.133. The minimum absolute atomic E-state index is 0.0744. The van der Waals surface area contributed by atoms with Crippen LogP contribution in [0.4, 0.5) is 4.79 Å². The predicted molar refractivity (Wildman–Crippen MR) is 122 cm³/mol. The highest BCUT2D eigenvalue weighted by Crippen LogP contribution is 2.35. The van der Waals surface area contributed by atoms with Crippen molar-refractivity contribution >= 4 is 28.9 Å². The Morgan fingerprint density at radius 2 is 1.91 bits per heavy atom. The van der Waals surface area contributed by atoms with E-state index in [0.29, 0.717) is 35.6 Å². The van der Waals surface area contributed by atoms with Crippen molar-refractivity contribution in [1.29, 1.82) is 0 Å². The van der Waals surface area contributed by atoms with Crippen LogP contribution in [-0.4, -0.2) is 48.1 Å². The zero-order valence-corrected chi connectivity index (χ0v) is 18.7. The van der Waals surface area contributed by atoms with Crippen LogP contribution < -0.4 is 16.3 Å². The second-order valence-corrected chi connectivity index (χ2v) is 9.01. The minimum atomic E-state index is -0.926. The Labute approximate surface area is 194 Å². The summed E-state index contributed by atoms with van der Waals surface area (Å²) in [5, 5.41) is 8.15. The van der Waals surface area contributed by atoms with Gasteiger partial charge in [0.15, 0.2) is 5.65 Å². The van der Waals surface area contributed by atoms with Crippen LogP contribution in [0.15, 0.2) is 41.3 Å². The summed E-state index contributed by atoms with van der Waals surface area (Å²) in [6.45, 7) is 2.12. The van der Waals surface area contributed by atoms with Gasteiger partial charge in [-0.2, -0.15) is 10.1 Å². The minimum Gasteiger partial charge on any atom is -0.322 e. The molecule has 1 aliphatic carbocycles. The number of H-pyrrole nitrogens is 1. The van der Waals surface area contributed by atoms with Crippen LogP contribution in [0, 0.1) is 5.92 Å². The number of hydrogen-bond donors (Lipinski definition) is 3. The van der Waals surface area contributed by atoms with Gasteiger partial charge in [-0.1, -0.05) is 25.1 Å². The fourth-order valence-corrected chi connectivity index (χ4v) is 4.57. The molecule has 4 amide bonds. The number of aromatic nitrogens is 4. The molecule has 3 N–H and O–H groups in total. The van der Waals surface area contributed by atoms with Gasteiger partial charge in [-0.3, -0.25) is 19.8 Å². The van der Waals surface area contributed by atoms with Gasteiger partial charge in [0.25, 0.3) is 11.5 Å². The SMILES string of the molecule is CC1CCC2(CC1)NC(=O)N(NC(=O)CCc1nc3c(cnn3-c3ccccc3)c(=O)[nH]1)C2=O. The number of para-hydroxylation sites is 1. The van der Waals surface area contributed by atoms with E-state index in [1.807, 2.05) is 30.3 Å². The van der Waals surface area contributed by atoms with Gasteiger partial charge in [0, 0.05) is 12.8 Å². The average molecular weight is 463 g/mol. The molecule has 1 saturated heterocycles. The van der Waals surface area contributed by atoms with E-state index in [-0.39, 0.29) is 18.4 Å². The smallest absolute Gasteiger partial charge is 0.322 e. The van der Waals surface area contributed by atoms with Crippen molar-refractivity contribution in [3.05, 3.63) is 52.7 Å². The molecule has 2 fully saturated rings. The average Bonchev–Trinajstić information content (AvgIpc) is 3.36. The van der Waals surface area contributed by atoms with Crippen LogP contribution in [0.25, 0.3) is 16.7 Å². The van der Waals surface area contributed by atoms with Gasteiger partial charge in [0.05, 0.1) is 11.9 Å². The van der Waals surface area contributed by atoms with Gasteiger partial charge in [0.2, 0.25) is 5.91 Å². The molecular formula is C23H25N7O4. The van der Waals surface area contributed by atoms with Crippen molar-refractivity contribution in [2.24, 2.45) is 5.92 Å². The maximum Gasteiger partial charge on any atom is 0.344 e. The number of aromatic amines is 1. The third-order valence-electron chi connectivity index (χ3n) is 6.60. The summed E-state index contributed by atoms with van der Waals surface area (Å²) in [7, 11) is 0. The molecule has 176 valence electrons. The van der Waals surface area contributed by atoms with E-state index < -0.39 is 23.4 Å². The summed E-state index contributed by atoms with van der Waals surface area (Å²) >= 11 is 0. The number of imide groups is 1. The molecule has 0 atom stereocenters. The molecule has 5 rings (SSSR count). The van der Waals surface area contributed by atoms with Gasteiger partial charge in [0.1, 0.15) is 16.7 Å². The van der Waals surface area contributed by atoms with Crippen molar-refractivity contribution in [3.63, 3.8) is 0 Å². The molecule has 1 spiro atoms. The number of carbonyl (C=O) groups is 3. The van der Waals surface area contributed by atoms with E-state index in [0.717, 1.165) is 23.5 Å². The lowest BCUT2D eigenvalue weighted by Gasteiger charge is -2.33. The standard InChI is InChI=1S/C23H25N7O4/c1-14-9-11-23(12-10-14)21(33)30(22(34)27-23)28-18(31)8-7-17-25-19-16(20(32)26-17)13-24-29(19)15-5-3-2-4-6-15/h2-6,13-14H,7-12H2,1H3,(H,27,34)(H,28,31)(H,25,26,32). The topological polar surface area (TPSA) is 142 Å². The van der Waals surface area contributed by atoms with Crippen molar-refractivity contribution in [1.82, 2.24) is 35.5 Å². The number of nitrogens with zero attached hydrogens (tertiary/aromatic N) is 4. The molecule has 1 aliphatic heterocycles. The van der Waals surface area contributed by atoms with E-state index in [9.17, 15) is 19.2 Å². The number of benzene rings is 1. The van der Waals surface area contributed by atoms with Crippen LogP contribution in [0.1, 0.15) is 44.9 Å². The lowest BCUT2D eigenvalue weighted by molar-refractivity contribution is -0.140. The summed E-state index contributed by atoms with van der Waals surface area (Å²) in [6, 6.07) is 8.67. The fraction of sp³-hybridized carbons (Fsp3) is 0.391. The number of fused-ring (bicyclic) bond motifs is 1. The number of urea groups is 1. The first kappa shape index (κ1) is 21.8. The highest BCUT2D eigenvalue weighted by atomic mass is 16.2. The van der Waals surface area contributed by atoms with Crippen LogP contribution in [0.2, 0.25) is 0 Å². The Morgan fingerprint density at radius 3 is 2.65 bits per heavy atom. The van der Waals surface area contributed by atoms with Gasteiger partial charge in [-0.15, -0.1) is 0 Å². The third-order valence-corrected chi connectivity index (χ3v) is 6.60. The number of rotatable bonds is 5. The van der Waals surface area contributed by atoms with Gasteiger partial charge in [-0.25, -0.2) is 14.5 Å². The lowest BCUT2D eigenvalue weighted by Crippen LogP contribution is -2.51. The van der Waals surface area contributed by atoms with E-state index in [1.54, 1.807) is 4.68 Å².